The van der Waals surface area contributed by atoms with Crippen LogP contribution < -0.4 is 4.72 Å². The monoisotopic (exact) mass is 360 g/mol. The second-order valence-corrected chi connectivity index (χ2v) is 8.04. The van der Waals surface area contributed by atoms with E-state index in [2.05, 4.69) is 16.9 Å². The summed E-state index contributed by atoms with van der Waals surface area (Å²) < 4.78 is 27.7. The molecule has 25 heavy (non-hydrogen) atoms. The van der Waals surface area contributed by atoms with Crippen molar-refractivity contribution in [2.24, 2.45) is 0 Å². The predicted octanol–water partition coefficient (Wildman–Crippen LogP) is 3.51. The van der Waals surface area contributed by atoms with E-state index in [0.717, 1.165) is 18.4 Å². The zero-order chi connectivity index (χ0) is 18.0. The van der Waals surface area contributed by atoms with Gasteiger partial charge in [0.15, 0.2) is 0 Å². The number of non-ortho nitro benzene ring substituents is 1. The molecule has 1 aliphatic rings. The van der Waals surface area contributed by atoms with Crippen molar-refractivity contribution in [3.8, 4) is 0 Å². The summed E-state index contributed by atoms with van der Waals surface area (Å²) in [5.41, 5.74) is 3.43. The van der Waals surface area contributed by atoms with Gasteiger partial charge in [-0.1, -0.05) is 18.2 Å². The minimum absolute atomic E-state index is 0.0166. The number of aryl methyl sites for hydroxylation is 2. The first-order valence-electron chi connectivity index (χ1n) is 8.25. The standard InChI is InChI=1S/C18H20N2O4S/c1-13(15-7-6-14-4-2-3-5-16(14)12-15)19-25(23,24)18-10-8-17(9-11-18)20(21)22/h6-13,19H,2-5H2,1H3. The predicted molar refractivity (Wildman–Crippen MR) is 94.9 cm³/mol. The van der Waals surface area contributed by atoms with Gasteiger partial charge in [0, 0.05) is 18.2 Å². The van der Waals surface area contributed by atoms with Crippen molar-refractivity contribution in [2.75, 3.05) is 0 Å². The van der Waals surface area contributed by atoms with Crippen LogP contribution >= 0.6 is 0 Å². The Labute approximate surface area is 147 Å². The minimum Gasteiger partial charge on any atom is -0.258 e. The fraction of sp³-hybridized carbons (Fsp3) is 0.333. The summed E-state index contributed by atoms with van der Waals surface area (Å²) in [7, 11) is -3.74. The summed E-state index contributed by atoms with van der Waals surface area (Å²) in [6.07, 6.45) is 4.48. The van der Waals surface area contributed by atoms with Gasteiger partial charge in [-0.2, -0.15) is 0 Å². The van der Waals surface area contributed by atoms with Crippen LogP contribution in [0.5, 0.6) is 0 Å². The van der Waals surface area contributed by atoms with E-state index in [0.29, 0.717) is 0 Å². The molecule has 3 rings (SSSR count). The number of rotatable bonds is 5. The average Bonchev–Trinajstić information content (AvgIpc) is 2.61. The molecule has 1 unspecified atom stereocenters. The van der Waals surface area contributed by atoms with Crippen LogP contribution in [0.4, 0.5) is 5.69 Å². The lowest BCUT2D eigenvalue weighted by atomic mass is 9.89. The third kappa shape index (κ3) is 3.88. The molecule has 132 valence electrons. The Hall–Kier alpha value is -2.25. The van der Waals surface area contributed by atoms with Gasteiger partial charge in [-0.25, -0.2) is 13.1 Å². The van der Waals surface area contributed by atoms with E-state index < -0.39 is 14.9 Å². The number of benzene rings is 2. The number of hydrogen-bond acceptors (Lipinski definition) is 4. The number of nitrogens with zero attached hydrogens (tertiary/aromatic N) is 1. The Morgan fingerprint density at radius 2 is 1.68 bits per heavy atom. The quantitative estimate of drug-likeness (QED) is 0.653. The molecule has 0 saturated heterocycles. The number of fused-ring (bicyclic) bond motifs is 1. The Morgan fingerprint density at radius 1 is 1.04 bits per heavy atom. The molecule has 0 aromatic heterocycles. The number of hydrogen-bond donors (Lipinski definition) is 1. The molecule has 0 spiro atoms. The number of nitro benzene ring substituents is 1. The van der Waals surface area contributed by atoms with Crippen LogP contribution in [0.2, 0.25) is 0 Å². The van der Waals surface area contributed by atoms with Crippen LogP contribution in [-0.2, 0) is 22.9 Å². The van der Waals surface area contributed by atoms with Crippen LogP contribution in [0.15, 0.2) is 47.4 Å². The third-order valence-electron chi connectivity index (χ3n) is 4.56. The van der Waals surface area contributed by atoms with Crippen LogP contribution in [-0.4, -0.2) is 13.3 Å². The highest BCUT2D eigenvalue weighted by Gasteiger charge is 2.20. The second kappa shape index (κ2) is 6.93. The van der Waals surface area contributed by atoms with E-state index in [1.807, 2.05) is 6.07 Å². The van der Waals surface area contributed by atoms with E-state index in [-0.39, 0.29) is 16.6 Å². The summed E-state index contributed by atoms with van der Waals surface area (Å²) in [6.45, 7) is 1.80. The topological polar surface area (TPSA) is 89.3 Å². The molecule has 7 heteroatoms. The molecule has 2 aromatic carbocycles. The van der Waals surface area contributed by atoms with Crippen LogP contribution in [0.3, 0.4) is 0 Å². The lowest BCUT2D eigenvalue weighted by Crippen LogP contribution is -2.27. The Morgan fingerprint density at radius 3 is 2.32 bits per heavy atom. The first-order valence-corrected chi connectivity index (χ1v) is 9.73. The maximum Gasteiger partial charge on any atom is 0.269 e. The van der Waals surface area contributed by atoms with Gasteiger partial charge in [-0.3, -0.25) is 10.1 Å². The van der Waals surface area contributed by atoms with Gasteiger partial charge in [-0.15, -0.1) is 0 Å². The summed E-state index contributed by atoms with van der Waals surface area (Å²) in [6, 6.07) is 10.6. The maximum atomic E-state index is 12.5. The van der Waals surface area contributed by atoms with Gasteiger partial charge in [0.2, 0.25) is 10.0 Å². The molecule has 1 atom stereocenters. The highest BCUT2D eigenvalue weighted by atomic mass is 32.2. The molecule has 6 nitrogen and oxygen atoms in total. The summed E-state index contributed by atoms with van der Waals surface area (Å²) in [5, 5.41) is 10.7. The first kappa shape index (κ1) is 17.6. The molecule has 0 fully saturated rings. The second-order valence-electron chi connectivity index (χ2n) is 6.33. The molecule has 1 aliphatic carbocycles. The summed E-state index contributed by atoms with van der Waals surface area (Å²) >= 11 is 0. The van der Waals surface area contributed by atoms with Crippen molar-refractivity contribution in [3.63, 3.8) is 0 Å². The van der Waals surface area contributed by atoms with Gasteiger partial charge in [-0.05, 0) is 61.4 Å². The van der Waals surface area contributed by atoms with Crippen molar-refractivity contribution in [1.29, 1.82) is 0 Å². The molecule has 2 aromatic rings. The van der Waals surface area contributed by atoms with E-state index >= 15 is 0 Å². The van der Waals surface area contributed by atoms with Crippen molar-refractivity contribution < 1.29 is 13.3 Å². The highest BCUT2D eigenvalue weighted by Crippen LogP contribution is 2.26. The Balaban J connectivity index is 1.79. The first-order chi connectivity index (χ1) is 11.9. The Kier molecular flexibility index (Phi) is 4.87. The lowest BCUT2D eigenvalue weighted by molar-refractivity contribution is -0.384. The van der Waals surface area contributed by atoms with Gasteiger partial charge >= 0.3 is 0 Å². The third-order valence-corrected chi connectivity index (χ3v) is 6.12. The van der Waals surface area contributed by atoms with E-state index in [1.165, 1.54) is 48.2 Å². The highest BCUT2D eigenvalue weighted by molar-refractivity contribution is 7.89. The molecular formula is C18H20N2O4S. The molecule has 0 saturated carbocycles. The van der Waals surface area contributed by atoms with E-state index in [9.17, 15) is 18.5 Å². The molecule has 1 N–H and O–H groups in total. The maximum absolute atomic E-state index is 12.5. The molecule has 0 heterocycles. The minimum atomic E-state index is -3.74. The van der Waals surface area contributed by atoms with Gasteiger partial charge < -0.3 is 0 Å². The van der Waals surface area contributed by atoms with Gasteiger partial charge in [0.1, 0.15) is 0 Å². The lowest BCUT2D eigenvalue weighted by Gasteiger charge is -2.20. The van der Waals surface area contributed by atoms with Crippen molar-refractivity contribution in [3.05, 3.63) is 69.3 Å². The molecule has 0 amide bonds. The van der Waals surface area contributed by atoms with Crippen molar-refractivity contribution in [2.45, 2.75) is 43.5 Å². The van der Waals surface area contributed by atoms with E-state index in [4.69, 9.17) is 0 Å². The van der Waals surface area contributed by atoms with Crippen LogP contribution in [0, 0.1) is 10.1 Å². The molecule has 0 radical (unpaired) electrons. The smallest absolute Gasteiger partial charge is 0.258 e. The largest absolute Gasteiger partial charge is 0.269 e. The number of nitro groups is 1. The SMILES string of the molecule is CC(NS(=O)(=O)c1ccc([N+](=O)[O-])cc1)c1ccc2c(c1)CCCC2. The summed E-state index contributed by atoms with van der Waals surface area (Å²) in [4.78, 5) is 10.1. The normalized spacial score (nSPS) is 15.4. The van der Waals surface area contributed by atoms with Crippen LogP contribution in [0.25, 0.3) is 0 Å². The zero-order valence-corrected chi connectivity index (χ0v) is 14.8. The number of sulfonamides is 1. The Bertz CT molecular complexity index is 892. The molecule has 0 aliphatic heterocycles. The van der Waals surface area contributed by atoms with Crippen molar-refractivity contribution in [1.82, 2.24) is 4.72 Å². The fourth-order valence-corrected chi connectivity index (χ4v) is 4.37. The van der Waals surface area contributed by atoms with E-state index in [1.54, 1.807) is 6.92 Å². The summed E-state index contributed by atoms with van der Waals surface area (Å²) in [5.74, 6) is 0. The van der Waals surface area contributed by atoms with Crippen LogP contribution in [0.1, 0.15) is 42.5 Å². The van der Waals surface area contributed by atoms with Gasteiger partial charge in [0.05, 0.1) is 9.82 Å². The average molecular weight is 360 g/mol. The fourth-order valence-electron chi connectivity index (χ4n) is 3.14. The molecular weight excluding hydrogens is 340 g/mol. The number of nitrogens with one attached hydrogen (secondary N) is 1. The van der Waals surface area contributed by atoms with Crippen molar-refractivity contribution >= 4 is 15.7 Å². The van der Waals surface area contributed by atoms with Gasteiger partial charge in [0.25, 0.3) is 5.69 Å². The zero-order valence-electron chi connectivity index (χ0n) is 13.9. The molecule has 0 bridgehead atoms.